The number of nitrogens with two attached hydrogens (primary N) is 1. The van der Waals surface area contributed by atoms with Crippen molar-refractivity contribution in [2.75, 3.05) is 20.2 Å². The normalized spacial score (nSPS) is 16.3. The fourth-order valence-electron chi connectivity index (χ4n) is 3.42. The highest BCUT2D eigenvalue weighted by molar-refractivity contribution is 5.91. The molecule has 2 aliphatic rings. The first-order chi connectivity index (χ1) is 13.9. The second kappa shape index (κ2) is 7.26. The number of primary amides is 1. The SMILES string of the molecule is CN(C=N)CC[C@@H](O)C#Cc1ccc2c(c1)-n1nc(C(N)=O)cc1C1(CC1)CO2. The Bertz CT molecular complexity index is 1030. The molecule has 1 aromatic heterocycles. The molecule has 1 atom stereocenters. The lowest BCUT2D eigenvalue weighted by Crippen LogP contribution is -2.20. The van der Waals surface area contributed by atoms with E-state index in [-0.39, 0.29) is 11.1 Å². The van der Waals surface area contributed by atoms with Gasteiger partial charge in [0.25, 0.3) is 5.91 Å². The topological polar surface area (TPSA) is 117 Å². The Labute approximate surface area is 168 Å². The first-order valence-corrected chi connectivity index (χ1v) is 9.50. The van der Waals surface area contributed by atoms with Crippen LogP contribution in [0, 0.1) is 17.3 Å². The molecule has 0 saturated heterocycles. The van der Waals surface area contributed by atoms with Crippen LogP contribution in [0.5, 0.6) is 5.75 Å². The fourth-order valence-corrected chi connectivity index (χ4v) is 3.42. The molecule has 2 aromatic rings. The van der Waals surface area contributed by atoms with Gasteiger partial charge >= 0.3 is 0 Å². The van der Waals surface area contributed by atoms with E-state index in [2.05, 4.69) is 16.9 Å². The number of fused-ring (bicyclic) bond motifs is 4. The van der Waals surface area contributed by atoms with Crippen LogP contribution in [0.1, 0.15) is 41.0 Å². The number of carbonyl (C=O) groups is 1. The van der Waals surface area contributed by atoms with Crippen LogP contribution in [0.15, 0.2) is 24.3 Å². The summed E-state index contributed by atoms with van der Waals surface area (Å²) in [6, 6.07) is 7.29. The van der Waals surface area contributed by atoms with Crippen molar-refractivity contribution in [3.05, 3.63) is 41.2 Å². The third-order valence-corrected chi connectivity index (χ3v) is 5.41. The monoisotopic (exact) mass is 393 g/mol. The van der Waals surface area contributed by atoms with E-state index in [4.69, 9.17) is 15.9 Å². The highest BCUT2D eigenvalue weighted by atomic mass is 16.5. The van der Waals surface area contributed by atoms with Gasteiger partial charge in [0, 0.05) is 31.0 Å². The highest BCUT2D eigenvalue weighted by Crippen LogP contribution is 2.51. The minimum atomic E-state index is -0.788. The van der Waals surface area contributed by atoms with Gasteiger partial charge in [0.15, 0.2) is 5.69 Å². The van der Waals surface area contributed by atoms with Crippen LogP contribution in [0.2, 0.25) is 0 Å². The van der Waals surface area contributed by atoms with E-state index < -0.39 is 12.0 Å². The number of aromatic nitrogens is 2. The Morgan fingerprint density at radius 2 is 2.31 bits per heavy atom. The van der Waals surface area contributed by atoms with Gasteiger partial charge in [0.1, 0.15) is 17.5 Å². The van der Waals surface area contributed by atoms with Gasteiger partial charge in [-0.3, -0.25) is 10.2 Å². The van der Waals surface area contributed by atoms with E-state index >= 15 is 0 Å². The molecule has 1 spiro atoms. The standard InChI is InChI=1S/C21H23N5O3/c1-25(13-22)9-6-15(27)4-2-14-3-5-18-17(10-14)26-19(11-16(24-26)20(23)28)21(7-8-21)12-29-18/h3,5,10-11,13,15,22,27H,6-9,12H2,1H3,(H2,23,28)/t15-/m0/s1. The maximum Gasteiger partial charge on any atom is 0.269 e. The second-order valence-electron chi connectivity index (χ2n) is 7.63. The van der Waals surface area contributed by atoms with Crippen molar-refractivity contribution in [3.8, 4) is 23.3 Å². The van der Waals surface area contributed by atoms with Crippen LogP contribution in [0.3, 0.4) is 0 Å². The number of aliphatic hydroxyl groups excluding tert-OH is 1. The van der Waals surface area contributed by atoms with Crippen LogP contribution in [0.4, 0.5) is 0 Å². The Hall–Kier alpha value is -3.31. The van der Waals surface area contributed by atoms with Crippen molar-refractivity contribution in [2.45, 2.75) is 30.8 Å². The number of ether oxygens (including phenoxy) is 1. The average molecular weight is 393 g/mol. The molecule has 2 heterocycles. The minimum Gasteiger partial charge on any atom is -0.490 e. The Balaban J connectivity index is 1.64. The molecule has 0 unspecified atom stereocenters. The summed E-state index contributed by atoms with van der Waals surface area (Å²) in [6.07, 6.45) is 2.83. The number of aliphatic hydroxyl groups is 1. The molecule has 0 radical (unpaired) electrons. The summed E-state index contributed by atoms with van der Waals surface area (Å²) in [6.45, 7) is 1.08. The molecule has 29 heavy (non-hydrogen) atoms. The van der Waals surface area contributed by atoms with Gasteiger partial charge in [-0.1, -0.05) is 11.8 Å². The van der Waals surface area contributed by atoms with Gasteiger partial charge in [-0.15, -0.1) is 0 Å². The summed E-state index contributed by atoms with van der Waals surface area (Å²) in [5.41, 5.74) is 7.92. The number of hydrogen-bond acceptors (Lipinski definition) is 5. The summed E-state index contributed by atoms with van der Waals surface area (Å²) in [7, 11) is 1.77. The van der Waals surface area contributed by atoms with Gasteiger partial charge < -0.3 is 20.5 Å². The van der Waals surface area contributed by atoms with Crippen LogP contribution in [-0.4, -0.2) is 58.3 Å². The van der Waals surface area contributed by atoms with Crippen LogP contribution < -0.4 is 10.5 Å². The molecule has 1 saturated carbocycles. The fraction of sp³-hybridized carbons (Fsp3) is 0.381. The van der Waals surface area contributed by atoms with Crippen molar-refractivity contribution < 1.29 is 14.6 Å². The van der Waals surface area contributed by atoms with Crippen molar-refractivity contribution in [1.82, 2.24) is 14.7 Å². The van der Waals surface area contributed by atoms with E-state index in [0.29, 0.717) is 36.6 Å². The molecule has 1 fully saturated rings. The highest BCUT2D eigenvalue weighted by Gasteiger charge is 2.50. The molecular weight excluding hydrogens is 370 g/mol. The molecule has 0 bridgehead atoms. The number of hydrogen-bond donors (Lipinski definition) is 3. The van der Waals surface area contributed by atoms with E-state index in [1.54, 1.807) is 22.7 Å². The number of amides is 1. The summed E-state index contributed by atoms with van der Waals surface area (Å²) in [5.74, 6) is 5.94. The molecular formula is C21H23N5O3. The third-order valence-electron chi connectivity index (χ3n) is 5.41. The zero-order valence-corrected chi connectivity index (χ0v) is 16.2. The number of nitrogens with one attached hydrogen (secondary N) is 1. The number of carbonyl (C=O) groups excluding carboxylic acids is 1. The average Bonchev–Trinajstić information content (AvgIpc) is 3.39. The summed E-state index contributed by atoms with van der Waals surface area (Å²) >= 11 is 0. The lowest BCUT2D eigenvalue weighted by molar-refractivity contribution is 0.0995. The minimum absolute atomic E-state index is 0.122. The molecule has 4 N–H and O–H groups in total. The number of nitrogens with zero attached hydrogens (tertiary/aromatic N) is 3. The summed E-state index contributed by atoms with van der Waals surface area (Å²) in [4.78, 5) is 13.3. The molecule has 8 heteroatoms. The zero-order chi connectivity index (χ0) is 20.6. The van der Waals surface area contributed by atoms with Crippen LogP contribution in [0.25, 0.3) is 5.69 Å². The van der Waals surface area contributed by atoms with E-state index in [0.717, 1.165) is 18.5 Å². The smallest absolute Gasteiger partial charge is 0.269 e. The zero-order valence-electron chi connectivity index (χ0n) is 16.2. The third kappa shape index (κ3) is 3.69. The van der Waals surface area contributed by atoms with Crippen molar-refractivity contribution in [1.29, 1.82) is 5.41 Å². The lowest BCUT2D eigenvalue weighted by atomic mass is 10.0. The van der Waals surface area contributed by atoms with Crippen LogP contribution >= 0.6 is 0 Å². The van der Waals surface area contributed by atoms with Gasteiger partial charge in [0.05, 0.1) is 18.6 Å². The van der Waals surface area contributed by atoms with Crippen molar-refractivity contribution >= 4 is 12.2 Å². The van der Waals surface area contributed by atoms with Gasteiger partial charge in [-0.25, -0.2) is 4.68 Å². The molecule has 150 valence electrons. The molecule has 1 aromatic carbocycles. The van der Waals surface area contributed by atoms with E-state index in [1.807, 2.05) is 18.2 Å². The summed E-state index contributed by atoms with van der Waals surface area (Å²) < 4.78 is 7.77. The maximum absolute atomic E-state index is 11.7. The predicted molar refractivity (Wildman–Crippen MR) is 107 cm³/mol. The molecule has 1 aliphatic heterocycles. The van der Waals surface area contributed by atoms with Gasteiger partial charge in [0.2, 0.25) is 0 Å². The molecule has 4 rings (SSSR count). The van der Waals surface area contributed by atoms with Crippen LogP contribution in [-0.2, 0) is 5.41 Å². The van der Waals surface area contributed by atoms with Gasteiger partial charge in [-0.2, -0.15) is 5.10 Å². The Morgan fingerprint density at radius 3 is 3.00 bits per heavy atom. The maximum atomic E-state index is 11.7. The Kier molecular flexibility index (Phi) is 4.76. The van der Waals surface area contributed by atoms with Crippen molar-refractivity contribution in [3.63, 3.8) is 0 Å². The number of rotatable bonds is 5. The van der Waals surface area contributed by atoms with Gasteiger partial charge in [-0.05, 0) is 37.1 Å². The second-order valence-corrected chi connectivity index (χ2v) is 7.63. The van der Waals surface area contributed by atoms with Crippen molar-refractivity contribution in [2.24, 2.45) is 5.73 Å². The molecule has 8 nitrogen and oxygen atoms in total. The first-order valence-electron chi connectivity index (χ1n) is 9.50. The predicted octanol–water partition coefficient (Wildman–Crippen LogP) is 1.04. The van der Waals surface area contributed by atoms with E-state index in [9.17, 15) is 9.90 Å². The summed E-state index contributed by atoms with van der Waals surface area (Å²) in [5, 5.41) is 21.6. The van der Waals surface area contributed by atoms with E-state index in [1.165, 1.54) is 6.34 Å². The molecule has 1 aliphatic carbocycles. The molecule has 1 amide bonds. The quantitative estimate of drug-likeness (QED) is 0.399. The largest absolute Gasteiger partial charge is 0.490 e. The lowest BCUT2D eigenvalue weighted by Gasteiger charge is -2.12. The number of benzene rings is 1. The first kappa shape index (κ1) is 19.0. The Morgan fingerprint density at radius 1 is 1.52 bits per heavy atom.